The summed E-state index contributed by atoms with van der Waals surface area (Å²) in [4.78, 5) is 24.1. The second-order valence-corrected chi connectivity index (χ2v) is 5.77. The van der Waals surface area contributed by atoms with Gasteiger partial charge in [0, 0.05) is 12.1 Å². The molecule has 0 bridgehead atoms. The highest BCUT2D eigenvalue weighted by atomic mass is 19.1. The average molecular weight is 340 g/mol. The number of rotatable bonds is 4. The Balaban J connectivity index is 1.82. The molecule has 0 fully saturated rings. The van der Waals surface area contributed by atoms with Crippen LogP contribution in [0.5, 0.6) is 0 Å². The SMILES string of the molecule is Cc1ccc(NC(=O)C2=NN(c3ccccc3)C(C(N)=O)C2)cc1F. The molecule has 0 saturated heterocycles. The Morgan fingerprint density at radius 2 is 1.96 bits per heavy atom. The van der Waals surface area contributed by atoms with Crippen molar-refractivity contribution in [2.45, 2.75) is 19.4 Å². The largest absolute Gasteiger partial charge is 0.368 e. The topological polar surface area (TPSA) is 87.8 Å². The Hall–Kier alpha value is -3.22. The number of nitrogens with two attached hydrogens (primary N) is 1. The molecule has 2 aromatic rings. The molecule has 0 radical (unpaired) electrons. The lowest BCUT2D eigenvalue weighted by molar-refractivity contribution is -0.119. The summed E-state index contributed by atoms with van der Waals surface area (Å²) >= 11 is 0. The van der Waals surface area contributed by atoms with E-state index in [2.05, 4.69) is 10.4 Å². The van der Waals surface area contributed by atoms with Crippen molar-refractivity contribution in [1.82, 2.24) is 0 Å². The Kier molecular flexibility index (Phi) is 4.47. The summed E-state index contributed by atoms with van der Waals surface area (Å²) in [6.45, 7) is 1.64. The number of primary amides is 1. The molecule has 1 heterocycles. The number of benzene rings is 2. The van der Waals surface area contributed by atoms with E-state index >= 15 is 0 Å². The second-order valence-electron chi connectivity index (χ2n) is 5.77. The maximum Gasteiger partial charge on any atom is 0.271 e. The normalized spacial score (nSPS) is 16.5. The van der Waals surface area contributed by atoms with Gasteiger partial charge in [0.05, 0.1) is 5.69 Å². The van der Waals surface area contributed by atoms with Gasteiger partial charge in [0.1, 0.15) is 17.6 Å². The molecule has 1 unspecified atom stereocenters. The van der Waals surface area contributed by atoms with Crippen LogP contribution >= 0.6 is 0 Å². The van der Waals surface area contributed by atoms with Crippen molar-refractivity contribution in [2.24, 2.45) is 10.8 Å². The van der Waals surface area contributed by atoms with Crippen molar-refractivity contribution in [1.29, 1.82) is 0 Å². The quantitative estimate of drug-likeness (QED) is 0.894. The smallest absolute Gasteiger partial charge is 0.271 e. The molecule has 0 aliphatic carbocycles. The van der Waals surface area contributed by atoms with Crippen LogP contribution in [0.2, 0.25) is 0 Å². The van der Waals surface area contributed by atoms with E-state index in [0.29, 0.717) is 16.9 Å². The third-order valence-electron chi connectivity index (χ3n) is 3.95. The van der Waals surface area contributed by atoms with Gasteiger partial charge in [-0.05, 0) is 36.8 Å². The molecule has 3 N–H and O–H groups in total. The van der Waals surface area contributed by atoms with Crippen LogP contribution in [0.1, 0.15) is 12.0 Å². The van der Waals surface area contributed by atoms with Gasteiger partial charge >= 0.3 is 0 Å². The minimum Gasteiger partial charge on any atom is -0.368 e. The summed E-state index contributed by atoms with van der Waals surface area (Å²) in [6, 6.07) is 12.7. The van der Waals surface area contributed by atoms with E-state index in [1.54, 1.807) is 43.3 Å². The fourth-order valence-corrected chi connectivity index (χ4v) is 2.56. The number of carbonyl (C=O) groups excluding carboxylic acids is 2. The van der Waals surface area contributed by atoms with Crippen molar-refractivity contribution in [3.63, 3.8) is 0 Å². The van der Waals surface area contributed by atoms with Crippen LogP contribution in [-0.4, -0.2) is 23.6 Å². The van der Waals surface area contributed by atoms with Gasteiger partial charge < -0.3 is 11.1 Å². The van der Waals surface area contributed by atoms with Gasteiger partial charge in [-0.1, -0.05) is 24.3 Å². The number of carbonyl (C=O) groups is 2. The lowest BCUT2D eigenvalue weighted by atomic mass is 10.1. The fourth-order valence-electron chi connectivity index (χ4n) is 2.56. The lowest BCUT2D eigenvalue weighted by Gasteiger charge is -2.20. The van der Waals surface area contributed by atoms with Crippen LogP contribution in [0.3, 0.4) is 0 Å². The molecule has 1 atom stereocenters. The zero-order valence-electron chi connectivity index (χ0n) is 13.6. The molecule has 128 valence electrons. The Morgan fingerprint density at radius 1 is 1.24 bits per heavy atom. The van der Waals surface area contributed by atoms with Gasteiger partial charge in [0.15, 0.2) is 0 Å². The Bertz CT molecular complexity index is 851. The zero-order valence-corrected chi connectivity index (χ0v) is 13.6. The molecular weight excluding hydrogens is 323 g/mol. The van der Waals surface area contributed by atoms with Gasteiger partial charge in [0.25, 0.3) is 5.91 Å². The first-order valence-corrected chi connectivity index (χ1v) is 7.74. The molecule has 1 aliphatic heterocycles. The van der Waals surface area contributed by atoms with Crippen molar-refractivity contribution in [2.75, 3.05) is 10.3 Å². The predicted octanol–water partition coefficient (Wildman–Crippen LogP) is 2.19. The van der Waals surface area contributed by atoms with Crippen molar-refractivity contribution in [3.8, 4) is 0 Å². The van der Waals surface area contributed by atoms with Crippen molar-refractivity contribution < 1.29 is 14.0 Å². The predicted molar refractivity (Wildman–Crippen MR) is 93.7 cm³/mol. The maximum absolute atomic E-state index is 13.6. The number of nitrogens with zero attached hydrogens (tertiary/aromatic N) is 2. The van der Waals surface area contributed by atoms with Crippen LogP contribution in [-0.2, 0) is 9.59 Å². The van der Waals surface area contributed by atoms with E-state index in [9.17, 15) is 14.0 Å². The molecule has 25 heavy (non-hydrogen) atoms. The number of hydrazone groups is 1. The molecule has 2 amide bonds. The first-order chi connectivity index (χ1) is 12.0. The third kappa shape index (κ3) is 3.50. The molecule has 7 heteroatoms. The average Bonchev–Trinajstić information content (AvgIpc) is 3.05. The summed E-state index contributed by atoms with van der Waals surface area (Å²) in [5.74, 6) is -1.48. The molecule has 0 aromatic heterocycles. The van der Waals surface area contributed by atoms with E-state index in [1.807, 2.05) is 6.07 Å². The standard InChI is InChI=1S/C18H17FN4O2/c1-11-7-8-12(9-14(11)19)21-18(25)15-10-16(17(20)24)23(22-15)13-5-3-2-4-6-13/h2-9,16H,10H2,1H3,(H2,20,24)(H,21,25). The lowest BCUT2D eigenvalue weighted by Crippen LogP contribution is -2.39. The van der Waals surface area contributed by atoms with E-state index in [1.165, 1.54) is 11.1 Å². The van der Waals surface area contributed by atoms with Crippen LogP contribution < -0.4 is 16.1 Å². The molecule has 0 saturated carbocycles. The van der Waals surface area contributed by atoms with E-state index in [4.69, 9.17) is 5.73 Å². The summed E-state index contributed by atoms with van der Waals surface area (Å²) in [5.41, 5.74) is 7.07. The minimum atomic E-state index is -0.738. The van der Waals surface area contributed by atoms with Crippen LogP contribution in [0.15, 0.2) is 53.6 Å². The Labute approximate surface area is 144 Å². The molecule has 6 nitrogen and oxygen atoms in total. The first-order valence-electron chi connectivity index (χ1n) is 7.74. The highest BCUT2D eigenvalue weighted by Crippen LogP contribution is 2.25. The molecule has 3 rings (SSSR count). The van der Waals surface area contributed by atoms with Crippen LogP contribution in [0.25, 0.3) is 0 Å². The van der Waals surface area contributed by atoms with Gasteiger partial charge in [-0.3, -0.25) is 14.6 Å². The summed E-state index contributed by atoms with van der Waals surface area (Å²) < 4.78 is 13.6. The van der Waals surface area contributed by atoms with E-state index < -0.39 is 23.7 Å². The first kappa shape index (κ1) is 16.6. The number of hydrogen-bond donors (Lipinski definition) is 2. The monoisotopic (exact) mass is 340 g/mol. The van der Waals surface area contributed by atoms with Gasteiger partial charge in [-0.25, -0.2) is 4.39 Å². The third-order valence-corrected chi connectivity index (χ3v) is 3.95. The molecular formula is C18H17FN4O2. The fraction of sp³-hybridized carbons (Fsp3) is 0.167. The Morgan fingerprint density at radius 3 is 2.60 bits per heavy atom. The number of aryl methyl sites for hydroxylation is 1. The number of hydrogen-bond acceptors (Lipinski definition) is 4. The number of nitrogens with one attached hydrogen (secondary N) is 1. The van der Waals surface area contributed by atoms with Gasteiger partial charge in [0.2, 0.25) is 5.91 Å². The molecule has 1 aliphatic rings. The maximum atomic E-state index is 13.6. The van der Waals surface area contributed by atoms with Crippen LogP contribution in [0.4, 0.5) is 15.8 Å². The molecule has 2 aromatic carbocycles. The van der Waals surface area contributed by atoms with Crippen LogP contribution in [0, 0.1) is 12.7 Å². The minimum absolute atomic E-state index is 0.0877. The number of halogens is 1. The summed E-state index contributed by atoms with van der Waals surface area (Å²) in [6.07, 6.45) is 0.0877. The zero-order chi connectivity index (χ0) is 18.0. The number of amides is 2. The second kappa shape index (κ2) is 6.72. The van der Waals surface area contributed by atoms with Gasteiger partial charge in [-0.15, -0.1) is 0 Å². The van der Waals surface area contributed by atoms with Crippen molar-refractivity contribution in [3.05, 3.63) is 59.9 Å². The highest BCUT2D eigenvalue weighted by Gasteiger charge is 2.34. The summed E-state index contributed by atoms with van der Waals surface area (Å²) in [5, 5.41) is 8.27. The van der Waals surface area contributed by atoms with E-state index in [0.717, 1.165) is 0 Å². The molecule has 0 spiro atoms. The number of anilines is 2. The highest BCUT2D eigenvalue weighted by molar-refractivity contribution is 6.44. The summed E-state index contributed by atoms with van der Waals surface area (Å²) in [7, 11) is 0. The number of para-hydroxylation sites is 1. The van der Waals surface area contributed by atoms with Gasteiger partial charge in [-0.2, -0.15) is 5.10 Å². The van der Waals surface area contributed by atoms with E-state index in [-0.39, 0.29) is 12.1 Å². The van der Waals surface area contributed by atoms with Crippen molar-refractivity contribution >= 4 is 28.9 Å².